The summed E-state index contributed by atoms with van der Waals surface area (Å²) in [5.74, 6) is -1.80. The highest BCUT2D eigenvalue weighted by atomic mass is 32.2. The topological polar surface area (TPSA) is 83.9 Å². The number of pyridine rings is 2. The Bertz CT molecular complexity index is 1140. The van der Waals surface area contributed by atoms with E-state index in [1.54, 1.807) is 18.3 Å². The molecule has 12 heteroatoms. The van der Waals surface area contributed by atoms with E-state index < -0.39 is 17.8 Å². The molecule has 1 saturated heterocycles. The number of amides is 1. The molecule has 34 heavy (non-hydrogen) atoms. The zero-order valence-corrected chi connectivity index (χ0v) is 18.8. The lowest BCUT2D eigenvalue weighted by Gasteiger charge is -2.25. The fourth-order valence-corrected chi connectivity index (χ4v) is 4.62. The van der Waals surface area contributed by atoms with Gasteiger partial charge in [0.1, 0.15) is 10.8 Å². The number of halogens is 4. The molecule has 4 heterocycles. The first-order valence-corrected chi connectivity index (χ1v) is 11.2. The average molecular weight is 493 g/mol. The molecule has 0 saturated carbocycles. The Balaban J connectivity index is 1.40. The van der Waals surface area contributed by atoms with Crippen LogP contribution in [-0.2, 0) is 17.5 Å². The molecule has 0 radical (unpaired) electrons. The van der Waals surface area contributed by atoms with E-state index in [1.807, 2.05) is 11.2 Å². The number of nitrogens with one attached hydrogen (secondary N) is 1. The average Bonchev–Trinajstić information content (AvgIpc) is 3.19. The molecule has 2 atom stereocenters. The number of hydrogen-bond acceptors (Lipinski definition) is 7. The number of hydrogen-bond donors (Lipinski definition) is 1. The van der Waals surface area contributed by atoms with Crippen molar-refractivity contribution in [1.82, 2.24) is 29.6 Å². The predicted octanol–water partition coefficient (Wildman–Crippen LogP) is 4.27. The maximum absolute atomic E-state index is 13.1. The van der Waals surface area contributed by atoms with Crippen molar-refractivity contribution in [3.8, 4) is 11.1 Å². The van der Waals surface area contributed by atoms with Crippen LogP contribution in [0.3, 0.4) is 0 Å². The van der Waals surface area contributed by atoms with Gasteiger partial charge >= 0.3 is 6.18 Å². The Morgan fingerprint density at radius 3 is 2.53 bits per heavy atom. The summed E-state index contributed by atoms with van der Waals surface area (Å²) in [6.07, 6.45) is 3.27. The molecule has 1 N–H and O–H groups in total. The molecule has 1 aliphatic heterocycles. The highest BCUT2D eigenvalue weighted by Gasteiger charge is 2.37. The van der Waals surface area contributed by atoms with Gasteiger partial charge in [-0.2, -0.15) is 13.2 Å². The SMILES string of the molecule is C[C@H]1CC[C@@H](C(=O)NCc2cncc(-c3cnc(C(F)(F)F)nc3)c2)N1Sc1ccc(F)cn1. The van der Waals surface area contributed by atoms with E-state index in [1.165, 1.54) is 24.2 Å². The van der Waals surface area contributed by atoms with Crippen LogP contribution in [0.4, 0.5) is 17.6 Å². The lowest BCUT2D eigenvalue weighted by atomic mass is 10.1. The van der Waals surface area contributed by atoms with Crippen molar-refractivity contribution in [1.29, 1.82) is 0 Å². The number of alkyl halides is 3. The summed E-state index contributed by atoms with van der Waals surface area (Å²) in [4.78, 5) is 27.8. The summed E-state index contributed by atoms with van der Waals surface area (Å²) < 4.78 is 53.1. The summed E-state index contributed by atoms with van der Waals surface area (Å²) >= 11 is 1.32. The maximum atomic E-state index is 13.1. The van der Waals surface area contributed by atoms with Crippen molar-refractivity contribution in [2.24, 2.45) is 0 Å². The zero-order valence-electron chi connectivity index (χ0n) is 18.0. The summed E-state index contributed by atoms with van der Waals surface area (Å²) in [6.45, 7) is 2.21. The summed E-state index contributed by atoms with van der Waals surface area (Å²) in [5.41, 5.74) is 1.60. The normalized spacial score (nSPS) is 18.7. The third-order valence-electron chi connectivity index (χ3n) is 5.30. The molecule has 4 rings (SSSR count). The summed E-state index contributed by atoms with van der Waals surface area (Å²) in [7, 11) is 0. The van der Waals surface area contributed by atoms with Crippen LogP contribution >= 0.6 is 11.9 Å². The number of rotatable bonds is 6. The second kappa shape index (κ2) is 10.0. The largest absolute Gasteiger partial charge is 0.451 e. The van der Waals surface area contributed by atoms with Gasteiger partial charge in [-0.1, -0.05) is 0 Å². The molecular weight excluding hydrogens is 472 g/mol. The van der Waals surface area contributed by atoms with Gasteiger partial charge < -0.3 is 5.32 Å². The molecule has 1 fully saturated rings. The Morgan fingerprint density at radius 1 is 1.09 bits per heavy atom. The Labute approximate surface area is 197 Å². The number of carbonyl (C=O) groups is 1. The third kappa shape index (κ3) is 5.68. The first-order chi connectivity index (χ1) is 16.2. The first-order valence-electron chi connectivity index (χ1n) is 10.4. The smallest absolute Gasteiger partial charge is 0.351 e. The Morgan fingerprint density at radius 2 is 1.85 bits per heavy atom. The van der Waals surface area contributed by atoms with Crippen LogP contribution in [-0.4, -0.2) is 42.2 Å². The Hall–Kier alpha value is -3.12. The molecule has 0 spiro atoms. The predicted molar refractivity (Wildman–Crippen MR) is 116 cm³/mol. The lowest BCUT2D eigenvalue weighted by Crippen LogP contribution is -2.41. The van der Waals surface area contributed by atoms with Crippen molar-refractivity contribution in [2.75, 3.05) is 0 Å². The van der Waals surface area contributed by atoms with Crippen molar-refractivity contribution in [3.63, 3.8) is 0 Å². The minimum Gasteiger partial charge on any atom is -0.351 e. The quantitative estimate of drug-likeness (QED) is 0.407. The second-order valence-corrected chi connectivity index (χ2v) is 8.82. The zero-order chi connectivity index (χ0) is 24.3. The molecule has 178 valence electrons. The molecule has 0 aliphatic carbocycles. The van der Waals surface area contributed by atoms with E-state index in [-0.39, 0.29) is 24.5 Å². The summed E-state index contributed by atoms with van der Waals surface area (Å²) in [6, 6.07) is 4.36. The van der Waals surface area contributed by atoms with E-state index in [0.717, 1.165) is 25.0 Å². The van der Waals surface area contributed by atoms with Crippen LogP contribution in [0.1, 0.15) is 31.2 Å². The van der Waals surface area contributed by atoms with Crippen LogP contribution in [0.5, 0.6) is 0 Å². The monoisotopic (exact) mass is 492 g/mol. The van der Waals surface area contributed by atoms with Crippen molar-refractivity contribution in [2.45, 2.75) is 49.6 Å². The van der Waals surface area contributed by atoms with Gasteiger partial charge in [-0.3, -0.25) is 9.78 Å². The van der Waals surface area contributed by atoms with Gasteiger partial charge in [-0.15, -0.1) is 0 Å². The van der Waals surface area contributed by atoms with Crippen LogP contribution in [0, 0.1) is 5.82 Å². The van der Waals surface area contributed by atoms with Gasteiger partial charge in [0.25, 0.3) is 0 Å². The van der Waals surface area contributed by atoms with Crippen LogP contribution < -0.4 is 5.32 Å². The van der Waals surface area contributed by atoms with E-state index in [9.17, 15) is 22.4 Å². The van der Waals surface area contributed by atoms with Gasteiger partial charge in [0.15, 0.2) is 0 Å². The lowest BCUT2D eigenvalue weighted by molar-refractivity contribution is -0.145. The number of nitrogens with zero attached hydrogens (tertiary/aromatic N) is 5. The van der Waals surface area contributed by atoms with Gasteiger partial charge in [-0.05, 0) is 55.5 Å². The third-order valence-corrected chi connectivity index (χ3v) is 6.56. The van der Waals surface area contributed by atoms with Crippen molar-refractivity contribution >= 4 is 17.9 Å². The van der Waals surface area contributed by atoms with Crippen LogP contribution in [0.2, 0.25) is 0 Å². The van der Waals surface area contributed by atoms with Gasteiger partial charge in [0, 0.05) is 48.5 Å². The fourth-order valence-electron chi connectivity index (χ4n) is 3.56. The molecule has 7 nitrogen and oxygen atoms in total. The van der Waals surface area contributed by atoms with Gasteiger partial charge in [0.2, 0.25) is 11.7 Å². The molecule has 1 amide bonds. The Kier molecular flexibility index (Phi) is 7.08. The summed E-state index contributed by atoms with van der Waals surface area (Å²) in [5, 5.41) is 3.50. The second-order valence-electron chi connectivity index (χ2n) is 7.80. The minimum atomic E-state index is -4.61. The van der Waals surface area contributed by atoms with E-state index in [2.05, 4.69) is 25.3 Å². The molecule has 0 aromatic carbocycles. The van der Waals surface area contributed by atoms with Crippen LogP contribution in [0.25, 0.3) is 11.1 Å². The molecular formula is C22H20F4N6OS. The van der Waals surface area contributed by atoms with Crippen LogP contribution in [0.15, 0.2) is 54.2 Å². The maximum Gasteiger partial charge on any atom is 0.451 e. The van der Waals surface area contributed by atoms with Gasteiger partial charge in [-0.25, -0.2) is 23.6 Å². The van der Waals surface area contributed by atoms with E-state index in [0.29, 0.717) is 28.1 Å². The highest BCUT2D eigenvalue weighted by molar-refractivity contribution is 7.97. The number of carbonyl (C=O) groups excluding carboxylic acids is 1. The van der Waals surface area contributed by atoms with E-state index >= 15 is 0 Å². The van der Waals surface area contributed by atoms with Gasteiger partial charge in [0.05, 0.1) is 12.2 Å². The van der Waals surface area contributed by atoms with Crippen molar-refractivity contribution in [3.05, 3.63) is 66.4 Å². The van der Waals surface area contributed by atoms with E-state index in [4.69, 9.17) is 0 Å². The first kappa shape index (κ1) is 24.0. The minimum absolute atomic E-state index is 0.136. The highest BCUT2D eigenvalue weighted by Crippen LogP contribution is 2.34. The fraction of sp³-hybridized carbons (Fsp3) is 0.318. The standard InChI is InChI=1S/C22H20F4N6OS/c1-13-2-4-18(32(13)34-19-5-3-17(23)12-28-19)20(33)29-8-14-6-15(9-27-7-14)16-10-30-21(31-11-16)22(24,25)26/h3,5-7,9-13,18H,2,4,8H2,1H3,(H,29,33)/t13-,18-/m0/s1. The molecule has 1 aliphatic rings. The number of aromatic nitrogens is 4. The molecule has 3 aromatic rings. The molecule has 3 aromatic heterocycles. The molecule has 0 unspecified atom stereocenters. The molecule has 0 bridgehead atoms. The van der Waals surface area contributed by atoms with Crippen molar-refractivity contribution < 1.29 is 22.4 Å².